The summed E-state index contributed by atoms with van der Waals surface area (Å²) in [7, 11) is 0. The molecular weight excluding hydrogens is 785 g/mol. The molecule has 0 amide bonds. The minimum atomic E-state index is -0.550. The summed E-state index contributed by atoms with van der Waals surface area (Å²) in [5, 5.41) is 0. The molecule has 0 unspecified atom stereocenters. The monoisotopic (exact) mass is 818 g/mol. The molecule has 0 atom stereocenters. The van der Waals surface area contributed by atoms with Gasteiger partial charge in [-0.15, -0.1) is 0 Å². The second kappa shape index (κ2) is 12.1. The van der Waals surface area contributed by atoms with Crippen LogP contribution >= 0.6 is 23.5 Å². The van der Waals surface area contributed by atoms with E-state index in [-0.39, 0.29) is 0 Å². The van der Waals surface area contributed by atoms with Crippen LogP contribution < -0.4 is 0 Å². The van der Waals surface area contributed by atoms with Gasteiger partial charge in [0.15, 0.2) is 0 Å². The molecule has 0 radical (unpaired) electrons. The van der Waals surface area contributed by atoms with Crippen molar-refractivity contribution in [3.63, 3.8) is 0 Å². The highest BCUT2D eigenvalue weighted by molar-refractivity contribution is 8.00. The van der Waals surface area contributed by atoms with Gasteiger partial charge in [0.25, 0.3) is 0 Å². The number of aryl methyl sites for hydroxylation is 2. The lowest BCUT2D eigenvalue weighted by Gasteiger charge is -2.45. The first-order chi connectivity index (χ1) is 30.1. The topological polar surface area (TPSA) is 44.5 Å². The SMILES string of the molecule is Cc1cccc2c1nc1n(-c3ccc4c(c3)Sc3cc(-n5c6ccccc6n6c7cccc(C)c7nc56)ccc3C43c4ccccc4Sc4ccccc43)c3ccccc3n21. The van der Waals surface area contributed by atoms with E-state index in [1.165, 1.54) is 53.0 Å². The summed E-state index contributed by atoms with van der Waals surface area (Å²) in [6, 6.07) is 62.6. The molecule has 0 saturated carbocycles. The van der Waals surface area contributed by atoms with Crippen molar-refractivity contribution in [2.24, 2.45) is 0 Å². The first-order valence-corrected chi connectivity index (χ1v) is 22.3. The van der Waals surface area contributed by atoms with Crippen LogP contribution in [0.3, 0.4) is 0 Å². The molecule has 0 saturated heterocycles. The fraction of sp³-hybridized carbons (Fsp3) is 0.0566. The van der Waals surface area contributed by atoms with Gasteiger partial charge in [0.05, 0.1) is 60.9 Å². The van der Waals surface area contributed by atoms with Crippen molar-refractivity contribution >= 4 is 79.2 Å². The largest absolute Gasteiger partial charge is 0.278 e. The van der Waals surface area contributed by atoms with E-state index < -0.39 is 5.41 Å². The van der Waals surface area contributed by atoms with Crippen LogP contribution in [0.15, 0.2) is 189 Å². The third-order valence-electron chi connectivity index (χ3n) is 13.1. The van der Waals surface area contributed by atoms with Gasteiger partial charge in [0, 0.05) is 19.6 Å². The number of para-hydroxylation sites is 6. The molecule has 6 heterocycles. The first-order valence-electron chi connectivity index (χ1n) is 20.7. The van der Waals surface area contributed by atoms with E-state index in [2.05, 4.69) is 202 Å². The number of hydrogen-bond donors (Lipinski definition) is 0. The predicted molar refractivity (Wildman–Crippen MR) is 249 cm³/mol. The maximum atomic E-state index is 5.34. The molecule has 1 spiro atoms. The summed E-state index contributed by atoms with van der Waals surface area (Å²) in [6.07, 6.45) is 0. The van der Waals surface area contributed by atoms with Crippen molar-refractivity contribution in [2.45, 2.75) is 38.8 Å². The van der Waals surface area contributed by atoms with Crippen molar-refractivity contribution in [1.29, 1.82) is 0 Å². The Bertz CT molecular complexity index is 3630. The smallest absolute Gasteiger partial charge is 0.220 e. The molecule has 14 rings (SSSR count). The zero-order chi connectivity index (χ0) is 40.1. The molecule has 6 nitrogen and oxygen atoms in total. The molecule has 0 N–H and O–H groups in total. The van der Waals surface area contributed by atoms with Gasteiger partial charge in [-0.2, -0.15) is 0 Å². The normalized spacial score (nSPS) is 14.1. The van der Waals surface area contributed by atoms with Crippen molar-refractivity contribution in [3.05, 3.63) is 203 Å². The van der Waals surface area contributed by atoms with Crippen molar-refractivity contribution in [2.75, 3.05) is 0 Å². The van der Waals surface area contributed by atoms with E-state index in [4.69, 9.17) is 9.97 Å². The van der Waals surface area contributed by atoms with Gasteiger partial charge in [-0.3, -0.25) is 17.9 Å². The van der Waals surface area contributed by atoms with Gasteiger partial charge < -0.3 is 0 Å². The molecule has 0 bridgehead atoms. The molecule has 0 fully saturated rings. The summed E-state index contributed by atoms with van der Waals surface area (Å²) < 4.78 is 9.34. The number of nitrogens with zero attached hydrogens (tertiary/aromatic N) is 6. The molecule has 0 aliphatic carbocycles. The maximum absolute atomic E-state index is 5.34. The van der Waals surface area contributed by atoms with Crippen LogP contribution in [0.2, 0.25) is 0 Å². The third kappa shape index (κ3) is 4.30. The minimum absolute atomic E-state index is 0.550. The van der Waals surface area contributed by atoms with E-state index in [0.717, 1.165) is 67.1 Å². The van der Waals surface area contributed by atoms with E-state index >= 15 is 0 Å². The number of imidazole rings is 4. The highest BCUT2D eigenvalue weighted by atomic mass is 32.2. The quantitative estimate of drug-likeness (QED) is 0.174. The fourth-order valence-corrected chi connectivity index (χ4v) is 13.0. The number of rotatable bonds is 2. The van der Waals surface area contributed by atoms with Crippen LogP contribution in [0.5, 0.6) is 0 Å². The van der Waals surface area contributed by atoms with Gasteiger partial charge in [0.2, 0.25) is 11.6 Å². The molecule has 61 heavy (non-hydrogen) atoms. The van der Waals surface area contributed by atoms with Crippen LogP contribution in [-0.4, -0.2) is 27.9 Å². The molecule has 8 heteroatoms. The highest BCUT2D eigenvalue weighted by Gasteiger charge is 2.49. The summed E-state index contributed by atoms with van der Waals surface area (Å²) in [5.41, 5.74) is 18.0. The van der Waals surface area contributed by atoms with Gasteiger partial charge >= 0.3 is 0 Å². The summed E-state index contributed by atoms with van der Waals surface area (Å²) in [4.78, 5) is 15.7. The van der Waals surface area contributed by atoms with Crippen LogP contribution in [0.4, 0.5) is 0 Å². The molecular formula is C53H34N6S2. The molecule has 2 aliphatic rings. The Morgan fingerprint density at radius 3 is 1.26 bits per heavy atom. The lowest BCUT2D eigenvalue weighted by molar-refractivity contribution is 0.666. The molecule has 2 aliphatic heterocycles. The van der Waals surface area contributed by atoms with Gasteiger partial charge in [-0.05, 0) is 120 Å². The number of hydrogen-bond acceptors (Lipinski definition) is 4. The van der Waals surface area contributed by atoms with E-state index in [9.17, 15) is 0 Å². The Morgan fingerprint density at radius 1 is 0.377 bits per heavy atom. The molecule has 12 aromatic rings. The predicted octanol–water partition coefficient (Wildman–Crippen LogP) is 13.1. The fourth-order valence-electron chi connectivity index (χ4n) is 10.6. The second-order valence-electron chi connectivity index (χ2n) is 16.3. The van der Waals surface area contributed by atoms with Gasteiger partial charge in [-0.1, -0.05) is 121 Å². The molecule has 4 aromatic heterocycles. The standard InChI is InChI=1S/C53H34N6S2/c1-31-13-11-21-43-49(31)54-51-56(39-17-5-7-19-41(39)58(43)51)33-25-27-37-47(29-33)61-48-30-34(57-40-18-6-8-20-42(40)59-44-22-12-14-32(2)50(44)55-52(57)59)26-28-38(48)53(37)35-15-3-9-23-45(35)60-46-24-10-4-16-36(46)53/h3-30H,1-2H3. The van der Waals surface area contributed by atoms with Crippen LogP contribution in [0.1, 0.15) is 33.4 Å². The van der Waals surface area contributed by atoms with Crippen LogP contribution in [0.25, 0.3) is 67.1 Å². The average molecular weight is 819 g/mol. The Morgan fingerprint density at radius 2 is 0.770 bits per heavy atom. The Kier molecular flexibility index (Phi) is 6.68. The first kappa shape index (κ1) is 33.8. The zero-order valence-corrected chi connectivity index (χ0v) is 34.8. The van der Waals surface area contributed by atoms with E-state index in [1.54, 1.807) is 0 Å². The van der Waals surface area contributed by atoms with Gasteiger partial charge in [0.1, 0.15) is 0 Å². The maximum Gasteiger partial charge on any atom is 0.220 e. The zero-order valence-electron chi connectivity index (χ0n) is 33.2. The summed E-state index contributed by atoms with van der Waals surface area (Å²) in [5.74, 6) is 1.83. The van der Waals surface area contributed by atoms with Crippen LogP contribution in [0, 0.1) is 13.8 Å². The third-order valence-corrected chi connectivity index (χ3v) is 15.4. The van der Waals surface area contributed by atoms with Crippen molar-refractivity contribution < 1.29 is 0 Å². The van der Waals surface area contributed by atoms with Crippen molar-refractivity contribution in [1.82, 2.24) is 27.9 Å². The Hall–Kier alpha value is -7.00. The lowest BCUT2D eigenvalue weighted by Crippen LogP contribution is -2.36. The van der Waals surface area contributed by atoms with Crippen molar-refractivity contribution in [3.8, 4) is 11.4 Å². The van der Waals surface area contributed by atoms with E-state index in [0.29, 0.717) is 0 Å². The lowest BCUT2D eigenvalue weighted by atomic mass is 9.64. The summed E-state index contributed by atoms with van der Waals surface area (Å²) >= 11 is 3.75. The van der Waals surface area contributed by atoms with Crippen LogP contribution in [-0.2, 0) is 5.41 Å². The Labute approximate surface area is 358 Å². The minimum Gasteiger partial charge on any atom is -0.278 e. The summed E-state index contributed by atoms with van der Waals surface area (Å²) in [6.45, 7) is 4.30. The van der Waals surface area contributed by atoms with Gasteiger partial charge in [-0.25, -0.2) is 9.97 Å². The number of benzene rings is 8. The number of fused-ring (bicyclic) bond motifs is 18. The van der Waals surface area contributed by atoms with E-state index in [1.807, 2.05) is 23.5 Å². The molecule has 288 valence electrons. The average Bonchev–Trinajstić information content (AvgIpc) is 4.04. The second-order valence-corrected chi connectivity index (χ2v) is 18.5. The highest BCUT2D eigenvalue weighted by Crippen LogP contribution is 2.62. The Balaban J connectivity index is 1.07. The molecule has 8 aromatic carbocycles. The number of aromatic nitrogens is 6.